The molecule has 0 aliphatic carbocycles. The molecular weight excluding hydrogens is 1300 g/mol. The van der Waals surface area contributed by atoms with E-state index in [0.717, 1.165) is 45.1 Å². The maximum atomic E-state index is 15.1. The Labute approximate surface area is 568 Å². The number of pyridine rings is 2. The molecule has 0 saturated carbocycles. The van der Waals surface area contributed by atoms with E-state index in [1.165, 1.54) is 57.3 Å². The Morgan fingerprint density at radius 3 is 2.15 bits per heavy atom. The van der Waals surface area contributed by atoms with Crippen LogP contribution in [-0.2, 0) is 54.1 Å². The minimum absolute atomic E-state index is 0.0209. The van der Waals surface area contributed by atoms with Crippen LogP contribution in [-0.4, -0.2) is 195 Å². The van der Waals surface area contributed by atoms with Crippen molar-refractivity contribution in [3.05, 3.63) is 173 Å². The number of H-pyrrole nitrogens is 1. The van der Waals surface area contributed by atoms with Gasteiger partial charge in [-0.25, -0.2) is 4.79 Å². The molecule has 0 unspecified atom stereocenters. The van der Waals surface area contributed by atoms with E-state index in [1.54, 1.807) is 12.4 Å². The first-order chi connectivity index (χ1) is 47.7. The zero-order chi connectivity index (χ0) is 70.2. The van der Waals surface area contributed by atoms with E-state index in [2.05, 4.69) is 36.1 Å². The summed E-state index contributed by atoms with van der Waals surface area (Å²) < 4.78 is 30.2. The van der Waals surface area contributed by atoms with Crippen LogP contribution in [0.25, 0.3) is 21.7 Å². The fourth-order valence-electron chi connectivity index (χ4n) is 12.8. The fraction of sp³-hybridized carbons (Fsp3) is 0.377. The van der Waals surface area contributed by atoms with Gasteiger partial charge in [-0.15, -0.1) is 0 Å². The number of ether oxygens (including phenoxy) is 3. The second-order valence-electron chi connectivity index (χ2n) is 24.4. The molecule has 3 aliphatic heterocycles. The van der Waals surface area contributed by atoms with Gasteiger partial charge in [0.2, 0.25) is 29.5 Å². The van der Waals surface area contributed by atoms with Crippen LogP contribution >= 0.6 is 7.60 Å². The molecule has 0 spiro atoms. The third kappa shape index (κ3) is 18.5. The standard InChI is InChI=1S/C69H79N12O17P/c70-59(82)23-21-54(63(86)76-62(44-10-3-1-4-11-44)45-12-5-2-6-13-45)74-65(88)57-22-18-50-25-28-78(42-56(67(90)81(50)57)75-64(87)55-37-49-36-46(17-20-53(49)73-55)68(91)99(93,94)95)69(92)72-26-30-96-32-34-98-35-33-97-31-29-80(51-19-24-60(83)79(41-51)43-61(84)85)66(89)48-15-9-27-77(40-48)58-39-71-38-47-14-7-8-16-52(47)58/h1-8,10-14,16-17,19-20,24,36-39,41,48,50,54,56-57,62,73H,9,15,18,21-23,25-35,40,42-43H2,(H2,70,82)(H,72,92)(H,74,88)(H,75,87)(H,76,86)(H,84,85)(H2,93,94,95)/t48-,50+,54-,56-,57-/m0/s1. The largest absolute Gasteiger partial charge is 0.480 e. The lowest BCUT2D eigenvalue weighted by molar-refractivity contribution is -0.143. The molecule has 10 N–H and O–H groups in total. The lowest BCUT2D eigenvalue weighted by atomic mass is 9.95. The maximum absolute atomic E-state index is 15.1. The van der Waals surface area contributed by atoms with Crippen molar-refractivity contribution in [1.82, 2.24) is 45.6 Å². The van der Waals surface area contributed by atoms with Crippen molar-refractivity contribution >= 4 is 93.6 Å². The Bertz CT molecular complexity index is 4150. The number of rotatable bonds is 30. The number of primary amides is 1. The van der Waals surface area contributed by atoms with Crippen molar-refractivity contribution < 1.29 is 76.8 Å². The number of carbonyl (C=O) groups is 9. The number of nitrogens with two attached hydrogens (primary N) is 1. The molecule has 99 heavy (non-hydrogen) atoms. The summed E-state index contributed by atoms with van der Waals surface area (Å²) in [6, 6.07) is 28.2. The number of aromatic amines is 1. The van der Waals surface area contributed by atoms with Crippen LogP contribution in [0.2, 0.25) is 0 Å². The van der Waals surface area contributed by atoms with Gasteiger partial charge in [-0.2, -0.15) is 0 Å². The van der Waals surface area contributed by atoms with Crippen molar-refractivity contribution in [2.24, 2.45) is 11.7 Å². The third-order valence-electron chi connectivity index (χ3n) is 17.7. The molecule has 10 rings (SSSR count). The second-order valence-corrected chi connectivity index (χ2v) is 25.9. The summed E-state index contributed by atoms with van der Waals surface area (Å²) in [6.45, 7) is 1.05. The predicted molar refractivity (Wildman–Crippen MR) is 362 cm³/mol. The van der Waals surface area contributed by atoms with Crippen LogP contribution in [0.5, 0.6) is 0 Å². The molecule has 3 fully saturated rings. The van der Waals surface area contributed by atoms with Crippen LogP contribution in [0.4, 0.5) is 16.2 Å². The third-order valence-corrected chi connectivity index (χ3v) is 18.5. The Morgan fingerprint density at radius 2 is 1.44 bits per heavy atom. The monoisotopic (exact) mass is 1380 g/mol. The summed E-state index contributed by atoms with van der Waals surface area (Å²) in [5, 5.41) is 23.1. The van der Waals surface area contributed by atoms with Crippen LogP contribution < -0.4 is 42.4 Å². The van der Waals surface area contributed by atoms with Gasteiger partial charge in [0.1, 0.15) is 30.4 Å². The molecule has 4 aromatic carbocycles. The molecule has 522 valence electrons. The van der Waals surface area contributed by atoms with Crippen molar-refractivity contribution in [2.45, 2.75) is 81.7 Å². The first-order valence-corrected chi connectivity index (χ1v) is 34.2. The number of anilines is 2. The highest BCUT2D eigenvalue weighted by Crippen LogP contribution is 2.40. The Balaban J connectivity index is 0.736. The molecule has 6 heterocycles. The number of fused-ring (bicyclic) bond motifs is 3. The first-order valence-electron chi connectivity index (χ1n) is 32.6. The van der Waals surface area contributed by atoms with E-state index in [9.17, 15) is 62.6 Å². The summed E-state index contributed by atoms with van der Waals surface area (Å²) >= 11 is 0. The fourth-order valence-corrected chi connectivity index (χ4v) is 13.2. The van der Waals surface area contributed by atoms with E-state index in [1.807, 2.05) is 84.9 Å². The highest BCUT2D eigenvalue weighted by atomic mass is 31.2. The Hall–Kier alpha value is -10.2. The first kappa shape index (κ1) is 71.6. The van der Waals surface area contributed by atoms with Crippen molar-refractivity contribution in [2.75, 3.05) is 88.7 Å². The number of hydrogen-bond donors (Lipinski definition) is 9. The molecule has 30 heteroatoms. The summed E-state index contributed by atoms with van der Waals surface area (Å²) in [5.41, 5.74) is 6.25. The molecule has 8 amide bonds. The quantitative estimate of drug-likeness (QED) is 0.0228. The molecule has 3 aromatic heterocycles. The van der Waals surface area contributed by atoms with E-state index in [-0.39, 0.29) is 114 Å². The molecule has 3 saturated heterocycles. The molecule has 0 bridgehead atoms. The van der Waals surface area contributed by atoms with Gasteiger partial charge >= 0.3 is 19.6 Å². The zero-order valence-electron chi connectivity index (χ0n) is 54.2. The molecule has 3 aliphatic rings. The lowest BCUT2D eigenvalue weighted by Crippen LogP contribution is -2.62. The number of hydrogen-bond acceptors (Lipinski definition) is 16. The van der Waals surface area contributed by atoms with E-state index in [0.29, 0.717) is 30.6 Å². The van der Waals surface area contributed by atoms with Gasteiger partial charge in [-0.05, 0) is 80.0 Å². The van der Waals surface area contributed by atoms with Gasteiger partial charge in [0.15, 0.2) is 0 Å². The predicted octanol–water partition coefficient (Wildman–Crippen LogP) is 3.81. The van der Waals surface area contributed by atoms with Crippen LogP contribution in [0.15, 0.2) is 145 Å². The van der Waals surface area contributed by atoms with Crippen molar-refractivity contribution in [3.8, 4) is 0 Å². The van der Waals surface area contributed by atoms with Crippen molar-refractivity contribution in [3.63, 3.8) is 0 Å². The summed E-state index contributed by atoms with van der Waals surface area (Å²) in [6.07, 6.45) is 6.52. The van der Waals surface area contributed by atoms with E-state index < -0.39 is 103 Å². The maximum Gasteiger partial charge on any atom is 0.396 e. The summed E-state index contributed by atoms with van der Waals surface area (Å²) in [5.74, 6) is -5.44. The van der Waals surface area contributed by atoms with Crippen molar-refractivity contribution in [1.29, 1.82) is 0 Å². The smallest absolute Gasteiger partial charge is 0.396 e. The average Bonchev–Trinajstić information content (AvgIpc) is 1.75. The van der Waals surface area contributed by atoms with E-state index in [4.69, 9.17) is 19.9 Å². The highest BCUT2D eigenvalue weighted by Gasteiger charge is 2.46. The van der Waals surface area contributed by atoms with Gasteiger partial charge in [0.25, 0.3) is 17.0 Å². The van der Waals surface area contributed by atoms with Crippen LogP contribution in [0.3, 0.4) is 0 Å². The number of aromatic nitrogens is 3. The molecule has 29 nitrogen and oxygen atoms in total. The Morgan fingerprint density at radius 1 is 0.747 bits per heavy atom. The number of carbonyl (C=O) groups excluding carboxylic acids is 8. The van der Waals surface area contributed by atoms with Gasteiger partial charge in [-0.1, -0.05) is 84.9 Å². The number of carboxylic acids is 1. The van der Waals surface area contributed by atoms with Gasteiger partial charge in [0, 0.05) is 90.9 Å². The lowest BCUT2D eigenvalue weighted by Gasteiger charge is -2.39. The number of benzene rings is 4. The molecule has 0 radical (unpaired) electrons. The second kappa shape index (κ2) is 33.4. The van der Waals surface area contributed by atoms with Gasteiger partial charge < -0.3 is 85.3 Å². The van der Waals surface area contributed by atoms with Crippen LogP contribution in [0, 0.1) is 5.92 Å². The number of nitrogens with zero attached hydrogens (tertiary/aromatic N) is 6. The SMILES string of the molecule is NC(=O)CC[C@H](NC(=O)[C@@H]1CC[C@@H]2CCN(C(=O)NCCOCCOCCOCCN(C(=O)[C@H]3CCCN(c4cncc5ccccc45)C3)c3ccc(=O)n(CC(=O)O)c3)C[C@H](NC(=O)c3cc4cc(C(=O)P(=O)(O)O)ccc4[nH]3)C(=O)N21)C(=O)NC(c1ccccc1)c1ccccc1. The van der Waals surface area contributed by atoms with Gasteiger partial charge in [-0.3, -0.25) is 52.7 Å². The molecule has 5 atom stereocenters. The number of amides is 8. The van der Waals surface area contributed by atoms with Crippen LogP contribution in [0.1, 0.15) is 83.0 Å². The zero-order valence-corrected chi connectivity index (χ0v) is 55.0. The number of aliphatic carboxylic acids is 1. The molecular formula is C69H79N12O17P. The number of urea groups is 1. The summed E-state index contributed by atoms with van der Waals surface area (Å²) in [7, 11) is -5.16. The Kier molecular flexibility index (Phi) is 24.2. The minimum atomic E-state index is -5.16. The molecule has 7 aromatic rings. The highest BCUT2D eigenvalue weighted by molar-refractivity contribution is 7.70. The number of carboxylic acid groups (broad SMARTS) is 1. The average molecular weight is 1380 g/mol. The summed E-state index contributed by atoms with van der Waals surface area (Å²) in [4.78, 5) is 168. The minimum Gasteiger partial charge on any atom is -0.480 e. The number of piperidine rings is 1. The normalized spacial score (nSPS) is 17.5. The topological polar surface area (TPSA) is 397 Å². The van der Waals surface area contributed by atoms with Gasteiger partial charge in [0.05, 0.1) is 75.7 Å². The number of nitrogens with one attached hydrogen (secondary N) is 5. The van der Waals surface area contributed by atoms with E-state index >= 15 is 4.79 Å².